The summed E-state index contributed by atoms with van der Waals surface area (Å²) in [5.74, 6) is 2.47. The minimum Gasteiger partial charge on any atom is -0.497 e. The van der Waals surface area contributed by atoms with Gasteiger partial charge in [-0.05, 0) is 58.0 Å². The Morgan fingerprint density at radius 1 is 0.842 bits per heavy atom. The molecule has 0 saturated carbocycles. The molecule has 1 fully saturated rings. The molecule has 38 heavy (non-hydrogen) atoms. The zero-order valence-electron chi connectivity index (χ0n) is 21.4. The number of rotatable bonds is 8. The Bertz CT molecular complexity index is 1460. The molecule has 1 saturated heterocycles. The second-order valence-corrected chi connectivity index (χ2v) is 10.2. The summed E-state index contributed by atoms with van der Waals surface area (Å²) < 4.78 is 13.8. The van der Waals surface area contributed by atoms with Crippen molar-refractivity contribution in [3.8, 4) is 11.5 Å². The predicted molar refractivity (Wildman–Crippen MR) is 148 cm³/mol. The van der Waals surface area contributed by atoms with Gasteiger partial charge in [0.05, 0.1) is 37.0 Å². The molecule has 10 heteroatoms. The van der Waals surface area contributed by atoms with Gasteiger partial charge in [0.15, 0.2) is 11.0 Å². The SMILES string of the molecule is COc1ccc(Cn2nnnc2[C@@H](c2ccc(OC)cc2)N2CCN(c3nc4ccccc4s3)CC2)cc1. The van der Waals surface area contributed by atoms with E-state index in [1.807, 2.05) is 47.1 Å². The van der Waals surface area contributed by atoms with Crippen LogP contribution in [0.2, 0.25) is 0 Å². The largest absolute Gasteiger partial charge is 0.497 e. The van der Waals surface area contributed by atoms with E-state index in [4.69, 9.17) is 14.5 Å². The van der Waals surface area contributed by atoms with Gasteiger partial charge in [-0.2, -0.15) is 0 Å². The molecule has 0 unspecified atom stereocenters. The van der Waals surface area contributed by atoms with Crippen molar-refractivity contribution in [3.63, 3.8) is 0 Å². The average molecular weight is 528 g/mol. The van der Waals surface area contributed by atoms with Gasteiger partial charge in [-0.15, -0.1) is 5.10 Å². The summed E-state index contributed by atoms with van der Waals surface area (Å²) in [5.41, 5.74) is 3.29. The molecule has 9 nitrogen and oxygen atoms in total. The van der Waals surface area contributed by atoms with Gasteiger partial charge < -0.3 is 14.4 Å². The highest BCUT2D eigenvalue weighted by Gasteiger charge is 2.31. The van der Waals surface area contributed by atoms with Crippen molar-refractivity contribution in [2.75, 3.05) is 45.3 Å². The summed E-state index contributed by atoms with van der Waals surface area (Å²) in [5, 5.41) is 14.1. The summed E-state index contributed by atoms with van der Waals surface area (Å²) >= 11 is 1.75. The monoisotopic (exact) mass is 527 g/mol. The first-order valence-electron chi connectivity index (χ1n) is 12.6. The smallest absolute Gasteiger partial charge is 0.186 e. The van der Waals surface area contributed by atoms with E-state index in [2.05, 4.69) is 55.7 Å². The number of piperazine rings is 1. The normalized spacial score (nSPS) is 15.1. The number of thiazole rings is 1. The van der Waals surface area contributed by atoms with Gasteiger partial charge in [0, 0.05) is 26.2 Å². The maximum absolute atomic E-state index is 5.41. The zero-order valence-corrected chi connectivity index (χ0v) is 22.2. The number of para-hydroxylation sites is 1. The topological polar surface area (TPSA) is 81.4 Å². The van der Waals surface area contributed by atoms with E-state index >= 15 is 0 Å². The molecule has 0 N–H and O–H groups in total. The highest BCUT2D eigenvalue weighted by atomic mass is 32.1. The van der Waals surface area contributed by atoms with Gasteiger partial charge in [0.25, 0.3) is 0 Å². The van der Waals surface area contributed by atoms with Crippen molar-refractivity contribution in [3.05, 3.63) is 89.7 Å². The molecule has 1 aliphatic heterocycles. The van der Waals surface area contributed by atoms with Crippen LogP contribution in [0.3, 0.4) is 0 Å². The number of hydrogen-bond donors (Lipinski definition) is 0. The fourth-order valence-corrected chi connectivity index (χ4v) is 5.92. The Morgan fingerprint density at radius 3 is 2.21 bits per heavy atom. The molecular formula is C28H29N7O2S. The first-order valence-corrected chi connectivity index (χ1v) is 13.4. The van der Waals surface area contributed by atoms with Gasteiger partial charge in [-0.25, -0.2) is 9.67 Å². The van der Waals surface area contributed by atoms with E-state index in [0.717, 1.165) is 65.3 Å². The number of nitrogens with zero attached hydrogens (tertiary/aromatic N) is 7. The van der Waals surface area contributed by atoms with Gasteiger partial charge in [0.1, 0.15) is 11.5 Å². The Morgan fingerprint density at radius 2 is 1.53 bits per heavy atom. The lowest BCUT2D eigenvalue weighted by Gasteiger charge is -2.38. The number of ether oxygens (including phenoxy) is 2. The number of fused-ring (bicyclic) bond motifs is 1. The highest BCUT2D eigenvalue weighted by molar-refractivity contribution is 7.22. The van der Waals surface area contributed by atoms with Crippen LogP contribution in [0.5, 0.6) is 11.5 Å². The third-order valence-corrected chi connectivity index (χ3v) is 8.06. The summed E-state index contributed by atoms with van der Waals surface area (Å²) in [7, 11) is 3.35. The number of methoxy groups -OCH3 is 2. The first kappa shape index (κ1) is 24.3. The second-order valence-electron chi connectivity index (χ2n) is 9.21. The number of anilines is 1. The molecular weight excluding hydrogens is 498 g/mol. The van der Waals surface area contributed by atoms with Crippen LogP contribution in [0.4, 0.5) is 5.13 Å². The van der Waals surface area contributed by atoms with Crippen LogP contribution < -0.4 is 14.4 Å². The van der Waals surface area contributed by atoms with Gasteiger partial charge in [-0.3, -0.25) is 4.90 Å². The first-order chi connectivity index (χ1) is 18.7. The lowest BCUT2D eigenvalue weighted by Crippen LogP contribution is -2.48. The fourth-order valence-electron chi connectivity index (χ4n) is 4.90. The number of aromatic nitrogens is 5. The van der Waals surface area contributed by atoms with Crippen LogP contribution in [0.25, 0.3) is 10.2 Å². The molecule has 0 spiro atoms. The van der Waals surface area contributed by atoms with E-state index in [1.165, 1.54) is 4.70 Å². The highest BCUT2D eigenvalue weighted by Crippen LogP contribution is 2.33. The van der Waals surface area contributed by atoms with Crippen molar-refractivity contribution < 1.29 is 9.47 Å². The average Bonchev–Trinajstić information content (AvgIpc) is 3.62. The van der Waals surface area contributed by atoms with Crippen LogP contribution in [-0.2, 0) is 6.54 Å². The van der Waals surface area contributed by atoms with Crippen molar-refractivity contribution >= 4 is 26.7 Å². The summed E-state index contributed by atoms with van der Waals surface area (Å²) in [4.78, 5) is 9.72. The molecule has 1 atom stereocenters. The Balaban J connectivity index is 1.27. The van der Waals surface area contributed by atoms with Crippen LogP contribution in [-0.4, -0.2) is 70.5 Å². The molecule has 0 radical (unpaired) electrons. The third-order valence-electron chi connectivity index (χ3n) is 6.96. The van der Waals surface area contributed by atoms with Crippen LogP contribution in [0.15, 0.2) is 72.8 Å². The summed E-state index contributed by atoms with van der Waals surface area (Å²) in [6.45, 7) is 4.06. The maximum Gasteiger partial charge on any atom is 0.186 e. The number of benzene rings is 3. The molecule has 5 aromatic rings. The minimum absolute atomic E-state index is 0.0910. The minimum atomic E-state index is -0.0910. The van der Waals surface area contributed by atoms with Gasteiger partial charge in [-0.1, -0.05) is 47.7 Å². The van der Waals surface area contributed by atoms with Crippen molar-refractivity contribution in [2.24, 2.45) is 0 Å². The van der Waals surface area contributed by atoms with Gasteiger partial charge >= 0.3 is 0 Å². The predicted octanol–water partition coefficient (Wildman–Crippen LogP) is 4.26. The molecule has 0 bridgehead atoms. The Kier molecular flexibility index (Phi) is 6.89. The van der Waals surface area contributed by atoms with E-state index in [-0.39, 0.29) is 6.04 Å². The molecule has 3 heterocycles. The Hall–Kier alpha value is -4.02. The standard InChI is InChI=1S/C28H29N7O2S/c1-36-22-11-7-20(8-12-22)19-35-27(30-31-32-35)26(21-9-13-23(37-2)14-10-21)33-15-17-34(18-16-33)28-29-24-5-3-4-6-25(24)38-28/h3-14,26H,15-19H2,1-2H3/t26-/m1/s1. The summed E-state index contributed by atoms with van der Waals surface area (Å²) in [6.07, 6.45) is 0. The van der Waals surface area contributed by atoms with Crippen molar-refractivity contribution in [1.82, 2.24) is 30.1 Å². The van der Waals surface area contributed by atoms with Crippen LogP contribution in [0.1, 0.15) is 23.0 Å². The third kappa shape index (κ3) is 4.92. The molecule has 0 amide bonds. The molecule has 194 valence electrons. The van der Waals surface area contributed by atoms with E-state index in [0.29, 0.717) is 6.54 Å². The van der Waals surface area contributed by atoms with E-state index in [9.17, 15) is 0 Å². The Labute approximate surface area is 225 Å². The molecule has 6 rings (SSSR count). The lowest BCUT2D eigenvalue weighted by molar-refractivity contribution is 0.201. The molecule has 0 aliphatic carbocycles. The summed E-state index contributed by atoms with van der Waals surface area (Å²) in [6, 6.07) is 24.4. The van der Waals surface area contributed by atoms with E-state index < -0.39 is 0 Å². The van der Waals surface area contributed by atoms with Gasteiger partial charge in [0.2, 0.25) is 0 Å². The quantitative estimate of drug-likeness (QED) is 0.296. The van der Waals surface area contributed by atoms with Crippen molar-refractivity contribution in [1.29, 1.82) is 0 Å². The molecule has 3 aromatic carbocycles. The zero-order chi connectivity index (χ0) is 25.9. The molecule has 1 aliphatic rings. The second kappa shape index (κ2) is 10.8. The lowest BCUT2D eigenvalue weighted by atomic mass is 10.0. The van der Waals surface area contributed by atoms with Crippen molar-refractivity contribution in [2.45, 2.75) is 12.6 Å². The number of tetrazole rings is 1. The van der Waals surface area contributed by atoms with E-state index in [1.54, 1.807) is 25.6 Å². The number of hydrogen-bond acceptors (Lipinski definition) is 9. The van der Waals surface area contributed by atoms with Crippen LogP contribution >= 0.6 is 11.3 Å². The van der Waals surface area contributed by atoms with Crippen LogP contribution in [0, 0.1) is 0 Å². The maximum atomic E-state index is 5.41. The molecule has 2 aromatic heterocycles. The fraction of sp³-hybridized carbons (Fsp3) is 0.286.